The molecule has 0 aromatic carbocycles. The van der Waals surface area contributed by atoms with Crippen molar-refractivity contribution < 1.29 is 4.74 Å². The summed E-state index contributed by atoms with van der Waals surface area (Å²) < 4.78 is 5.55. The van der Waals surface area contributed by atoms with Crippen LogP contribution in [-0.2, 0) is 4.74 Å². The third kappa shape index (κ3) is 6.36. The third-order valence-electron chi connectivity index (χ3n) is 2.83. The number of likely N-dealkylation sites (N-methyl/N-ethyl adjacent to an activating group) is 1. The molecule has 1 N–H and O–H groups in total. The highest BCUT2D eigenvalue weighted by Gasteiger charge is 2.16. The van der Waals surface area contributed by atoms with E-state index in [2.05, 4.69) is 31.1 Å². The molecule has 0 aromatic heterocycles. The molecule has 0 spiro atoms. The molecule has 0 aliphatic carbocycles. The van der Waals surface area contributed by atoms with Crippen molar-refractivity contribution in [3.63, 3.8) is 0 Å². The van der Waals surface area contributed by atoms with Crippen molar-refractivity contribution in [1.29, 1.82) is 0 Å². The molecule has 1 fully saturated rings. The van der Waals surface area contributed by atoms with Crippen LogP contribution in [0.2, 0.25) is 0 Å². The molecule has 0 amide bonds. The molecule has 92 valence electrons. The van der Waals surface area contributed by atoms with Crippen molar-refractivity contribution in [3.8, 4) is 0 Å². The number of ether oxygens (including phenoxy) is 1. The van der Waals surface area contributed by atoms with E-state index in [1.165, 1.54) is 25.9 Å². The Balaban J connectivity index is 0.00000196. The van der Waals surface area contributed by atoms with Crippen molar-refractivity contribution in [3.05, 3.63) is 0 Å². The Labute approximate surface area is 100.0 Å². The molecule has 0 bridgehead atoms. The summed E-state index contributed by atoms with van der Waals surface area (Å²) in [6.07, 6.45) is 2.91. The highest BCUT2D eigenvalue weighted by Crippen LogP contribution is 2.09. The van der Waals surface area contributed by atoms with E-state index < -0.39 is 0 Å². The second kappa shape index (κ2) is 8.34. The summed E-state index contributed by atoms with van der Waals surface area (Å²) in [5.74, 6) is 0. The van der Waals surface area contributed by atoms with Crippen LogP contribution in [-0.4, -0.2) is 50.3 Å². The van der Waals surface area contributed by atoms with Crippen LogP contribution in [0, 0.1) is 0 Å². The van der Waals surface area contributed by atoms with Crippen molar-refractivity contribution in [2.75, 3.05) is 33.3 Å². The number of hydrogen-bond acceptors (Lipinski definition) is 3. The van der Waals surface area contributed by atoms with Crippen LogP contribution in [0.4, 0.5) is 0 Å². The second-order valence-electron chi connectivity index (χ2n) is 4.38. The van der Waals surface area contributed by atoms with Crippen molar-refractivity contribution in [1.82, 2.24) is 10.2 Å². The molecule has 0 aromatic rings. The fourth-order valence-corrected chi connectivity index (χ4v) is 1.86. The van der Waals surface area contributed by atoms with Crippen LogP contribution in [0.15, 0.2) is 0 Å². The summed E-state index contributed by atoms with van der Waals surface area (Å²) in [4.78, 5) is 2.43. The van der Waals surface area contributed by atoms with Gasteiger partial charge in [0.05, 0.1) is 12.7 Å². The Bertz CT molecular complexity index is 150. The Morgan fingerprint density at radius 2 is 1.93 bits per heavy atom. The number of nitrogens with zero attached hydrogens (tertiary/aromatic N) is 1. The molecule has 1 aliphatic rings. The molecule has 0 atom stereocenters. The zero-order chi connectivity index (χ0) is 10.4. The summed E-state index contributed by atoms with van der Waals surface area (Å²) in [7, 11) is 2.21. The number of hydrogen-bond donors (Lipinski definition) is 1. The monoisotopic (exact) mass is 236 g/mol. The van der Waals surface area contributed by atoms with Gasteiger partial charge in [-0.2, -0.15) is 0 Å². The van der Waals surface area contributed by atoms with Gasteiger partial charge in [-0.05, 0) is 46.8 Å². The molecule has 1 heterocycles. The average molecular weight is 237 g/mol. The normalized spacial score (nSPS) is 18.2. The summed E-state index contributed by atoms with van der Waals surface area (Å²) in [5.41, 5.74) is 0. The first-order chi connectivity index (χ1) is 6.70. The topological polar surface area (TPSA) is 24.5 Å². The van der Waals surface area contributed by atoms with Crippen LogP contribution in [0.25, 0.3) is 0 Å². The fourth-order valence-electron chi connectivity index (χ4n) is 1.86. The maximum absolute atomic E-state index is 5.55. The molecule has 15 heavy (non-hydrogen) atoms. The predicted molar refractivity (Wildman–Crippen MR) is 66.9 cm³/mol. The number of halogens is 1. The van der Waals surface area contributed by atoms with E-state index in [1.54, 1.807) is 0 Å². The summed E-state index contributed by atoms with van der Waals surface area (Å²) in [6.45, 7) is 8.43. The number of rotatable bonds is 5. The number of nitrogens with one attached hydrogen (secondary N) is 1. The maximum Gasteiger partial charge on any atom is 0.0596 e. The maximum atomic E-state index is 5.55. The minimum Gasteiger partial charge on any atom is -0.377 e. The van der Waals surface area contributed by atoms with Crippen LogP contribution in [0.1, 0.15) is 26.7 Å². The smallest absolute Gasteiger partial charge is 0.0596 e. The first-order valence-corrected chi connectivity index (χ1v) is 5.72. The summed E-state index contributed by atoms with van der Waals surface area (Å²) in [6, 6.07) is 0.756. The lowest BCUT2D eigenvalue weighted by Crippen LogP contribution is -2.42. The van der Waals surface area contributed by atoms with Crippen LogP contribution in [0.5, 0.6) is 0 Å². The lowest BCUT2D eigenvalue weighted by molar-refractivity contribution is 0.0524. The summed E-state index contributed by atoms with van der Waals surface area (Å²) >= 11 is 0. The van der Waals surface area contributed by atoms with E-state index in [-0.39, 0.29) is 12.4 Å². The predicted octanol–water partition coefficient (Wildman–Crippen LogP) is 1.52. The third-order valence-corrected chi connectivity index (χ3v) is 2.83. The Hall–Kier alpha value is 0.170. The molecular formula is C11H25ClN2O. The molecule has 3 nitrogen and oxygen atoms in total. The van der Waals surface area contributed by atoms with Gasteiger partial charge in [-0.15, -0.1) is 12.4 Å². The van der Waals surface area contributed by atoms with Gasteiger partial charge in [-0.3, -0.25) is 0 Å². The van der Waals surface area contributed by atoms with Gasteiger partial charge in [0.15, 0.2) is 0 Å². The molecule has 1 saturated heterocycles. The molecule has 1 rings (SSSR count). The molecular weight excluding hydrogens is 212 g/mol. The Morgan fingerprint density at radius 1 is 1.33 bits per heavy atom. The van der Waals surface area contributed by atoms with Crippen molar-refractivity contribution >= 4 is 12.4 Å². The second-order valence-corrected chi connectivity index (χ2v) is 4.38. The SMILES string of the molecule is CC(C)OCCN(C)C1CCNCC1.Cl. The highest BCUT2D eigenvalue weighted by atomic mass is 35.5. The lowest BCUT2D eigenvalue weighted by Gasteiger charge is -2.31. The number of piperidine rings is 1. The lowest BCUT2D eigenvalue weighted by atomic mass is 10.1. The summed E-state index contributed by atoms with van der Waals surface area (Å²) in [5, 5.41) is 3.39. The van der Waals surface area contributed by atoms with Crippen LogP contribution < -0.4 is 5.32 Å². The zero-order valence-electron chi connectivity index (χ0n) is 10.2. The van der Waals surface area contributed by atoms with Crippen LogP contribution in [0.3, 0.4) is 0 Å². The van der Waals surface area contributed by atoms with Gasteiger partial charge in [0, 0.05) is 12.6 Å². The van der Waals surface area contributed by atoms with Gasteiger partial charge in [-0.25, -0.2) is 0 Å². The minimum atomic E-state index is 0. The Kier molecular flexibility index (Phi) is 8.43. The van der Waals surface area contributed by atoms with E-state index in [4.69, 9.17) is 4.74 Å². The quantitative estimate of drug-likeness (QED) is 0.784. The van der Waals surface area contributed by atoms with Crippen molar-refractivity contribution in [2.45, 2.75) is 38.8 Å². The molecule has 0 unspecified atom stereocenters. The molecule has 4 heteroatoms. The van der Waals surface area contributed by atoms with Crippen molar-refractivity contribution in [2.24, 2.45) is 0 Å². The highest BCUT2D eigenvalue weighted by molar-refractivity contribution is 5.85. The first-order valence-electron chi connectivity index (χ1n) is 5.72. The van der Waals surface area contributed by atoms with E-state index in [0.717, 1.165) is 19.2 Å². The van der Waals surface area contributed by atoms with Gasteiger partial charge in [0.25, 0.3) is 0 Å². The van der Waals surface area contributed by atoms with Gasteiger partial charge in [0.1, 0.15) is 0 Å². The molecule has 0 saturated carbocycles. The van der Waals surface area contributed by atoms with Gasteiger partial charge < -0.3 is 15.0 Å². The van der Waals surface area contributed by atoms with Crippen LogP contribution >= 0.6 is 12.4 Å². The Morgan fingerprint density at radius 3 is 2.47 bits per heavy atom. The molecule has 0 radical (unpaired) electrons. The zero-order valence-corrected chi connectivity index (χ0v) is 11.0. The van der Waals surface area contributed by atoms with Gasteiger partial charge in [-0.1, -0.05) is 0 Å². The average Bonchev–Trinajstić information content (AvgIpc) is 2.18. The van der Waals surface area contributed by atoms with Gasteiger partial charge in [0.2, 0.25) is 0 Å². The molecule has 1 aliphatic heterocycles. The van der Waals surface area contributed by atoms with E-state index in [0.29, 0.717) is 6.10 Å². The first kappa shape index (κ1) is 15.2. The van der Waals surface area contributed by atoms with Gasteiger partial charge >= 0.3 is 0 Å². The minimum absolute atomic E-state index is 0. The van der Waals surface area contributed by atoms with E-state index in [1.807, 2.05) is 0 Å². The van der Waals surface area contributed by atoms with E-state index in [9.17, 15) is 0 Å². The largest absolute Gasteiger partial charge is 0.377 e. The standard InChI is InChI=1S/C11H24N2O.ClH/c1-10(2)14-9-8-13(3)11-4-6-12-7-5-11;/h10-12H,4-9H2,1-3H3;1H. The fraction of sp³-hybridized carbons (Fsp3) is 1.00. The van der Waals surface area contributed by atoms with E-state index >= 15 is 0 Å².